The Hall–Kier alpha value is -1.84. The van der Waals surface area contributed by atoms with E-state index in [1.807, 2.05) is 30.0 Å². The van der Waals surface area contributed by atoms with Crippen molar-refractivity contribution >= 4 is 11.7 Å². The van der Waals surface area contributed by atoms with Crippen molar-refractivity contribution < 1.29 is 4.79 Å². The highest BCUT2D eigenvalue weighted by Gasteiger charge is 2.26. The summed E-state index contributed by atoms with van der Waals surface area (Å²) >= 11 is 0. The number of hydrogen-bond donors (Lipinski definition) is 0. The summed E-state index contributed by atoms with van der Waals surface area (Å²) in [6, 6.07) is 6.21. The molecule has 0 N–H and O–H groups in total. The number of carbonyl (C=O) groups excluding carboxylic acids is 1. The second-order valence-corrected chi connectivity index (χ2v) is 4.67. The van der Waals surface area contributed by atoms with Gasteiger partial charge in [0.1, 0.15) is 5.82 Å². The van der Waals surface area contributed by atoms with Crippen LogP contribution in [0.1, 0.15) is 12.6 Å². The predicted molar refractivity (Wildman–Crippen MR) is 72.6 cm³/mol. The van der Waals surface area contributed by atoms with Crippen LogP contribution in [0, 0.1) is 6.92 Å². The second kappa shape index (κ2) is 5.21. The van der Waals surface area contributed by atoms with E-state index in [-0.39, 0.29) is 11.9 Å². The number of amides is 1. The summed E-state index contributed by atoms with van der Waals surface area (Å²) in [4.78, 5) is 20.3. The zero-order valence-electron chi connectivity index (χ0n) is 11.0. The Morgan fingerprint density at radius 3 is 2.89 bits per heavy atom. The molecule has 1 aliphatic rings. The minimum Gasteiger partial charge on any atom is -0.353 e. The predicted octanol–water partition coefficient (Wildman–Crippen LogP) is 1.61. The number of anilines is 1. The molecule has 0 aliphatic carbocycles. The van der Waals surface area contributed by atoms with Gasteiger partial charge in [0.2, 0.25) is 5.91 Å². The summed E-state index contributed by atoms with van der Waals surface area (Å²) in [7, 11) is 0. The van der Waals surface area contributed by atoms with Crippen LogP contribution >= 0.6 is 0 Å². The third kappa shape index (κ3) is 2.53. The maximum atomic E-state index is 11.6. The van der Waals surface area contributed by atoms with Crippen molar-refractivity contribution in [1.82, 2.24) is 9.88 Å². The smallest absolute Gasteiger partial charge is 0.246 e. The molecule has 1 unspecified atom stereocenters. The number of carbonyl (C=O) groups is 1. The van der Waals surface area contributed by atoms with Crippen molar-refractivity contribution in [2.45, 2.75) is 19.9 Å². The van der Waals surface area contributed by atoms with E-state index in [2.05, 4.69) is 23.4 Å². The van der Waals surface area contributed by atoms with Crippen LogP contribution in [-0.2, 0) is 4.79 Å². The average molecular weight is 245 g/mol. The first kappa shape index (κ1) is 12.6. The molecule has 4 heteroatoms. The van der Waals surface area contributed by atoms with Crippen LogP contribution < -0.4 is 4.90 Å². The van der Waals surface area contributed by atoms with Gasteiger partial charge in [-0.3, -0.25) is 4.79 Å². The van der Waals surface area contributed by atoms with Gasteiger partial charge in [-0.2, -0.15) is 0 Å². The van der Waals surface area contributed by atoms with Crippen LogP contribution in [0.2, 0.25) is 0 Å². The molecule has 2 heterocycles. The Labute approximate surface area is 108 Å². The van der Waals surface area contributed by atoms with Gasteiger partial charge in [-0.05, 0) is 32.1 Å². The summed E-state index contributed by atoms with van der Waals surface area (Å²) in [5.41, 5.74) is 1.02. The Morgan fingerprint density at radius 2 is 2.28 bits per heavy atom. The number of piperazine rings is 1. The molecule has 1 aliphatic heterocycles. The first-order valence-electron chi connectivity index (χ1n) is 6.23. The Balaban J connectivity index is 2.08. The zero-order chi connectivity index (χ0) is 13.1. The van der Waals surface area contributed by atoms with Gasteiger partial charge < -0.3 is 9.80 Å². The highest BCUT2D eigenvalue weighted by molar-refractivity contribution is 5.87. The van der Waals surface area contributed by atoms with Gasteiger partial charge >= 0.3 is 0 Å². The van der Waals surface area contributed by atoms with Crippen LogP contribution in [0.15, 0.2) is 30.9 Å². The largest absolute Gasteiger partial charge is 0.353 e. The Morgan fingerprint density at radius 1 is 1.50 bits per heavy atom. The van der Waals surface area contributed by atoms with E-state index in [9.17, 15) is 4.79 Å². The van der Waals surface area contributed by atoms with Crippen molar-refractivity contribution in [1.29, 1.82) is 0 Å². The average Bonchev–Trinajstić information content (AvgIpc) is 2.37. The third-order valence-corrected chi connectivity index (χ3v) is 3.28. The SMILES string of the molecule is C=CC(=O)N1CCN(c2cccc(C)n2)CC1C. The summed E-state index contributed by atoms with van der Waals surface area (Å²) < 4.78 is 0. The van der Waals surface area contributed by atoms with E-state index in [0.717, 1.165) is 31.1 Å². The topological polar surface area (TPSA) is 36.4 Å². The standard InChI is InChI=1S/C14H19N3O/c1-4-14(18)17-9-8-16(10-12(17)3)13-7-5-6-11(2)15-13/h4-7,12H,1,8-10H2,2-3H3. The highest BCUT2D eigenvalue weighted by atomic mass is 16.2. The first-order valence-corrected chi connectivity index (χ1v) is 6.23. The third-order valence-electron chi connectivity index (χ3n) is 3.28. The van der Waals surface area contributed by atoms with E-state index in [0.29, 0.717) is 0 Å². The maximum absolute atomic E-state index is 11.6. The van der Waals surface area contributed by atoms with Crippen molar-refractivity contribution in [3.05, 3.63) is 36.5 Å². The quantitative estimate of drug-likeness (QED) is 0.743. The molecule has 2 rings (SSSR count). The first-order chi connectivity index (χ1) is 8.61. The lowest BCUT2D eigenvalue weighted by molar-refractivity contribution is -0.128. The van der Waals surface area contributed by atoms with Gasteiger partial charge in [-0.15, -0.1) is 0 Å². The molecule has 0 radical (unpaired) electrons. The summed E-state index contributed by atoms with van der Waals surface area (Å²) in [6.45, 7) is 9.95. The summed E-state index contributed by atoms with van der Waals surface area (Å²) in [5, 5.41) is 0. The fraction of sp³-hybridized carbons (Fsp3) is 0.429. The van der Waals surface area contributed by atoms with Crippen molar-refractivity contribution in [2.75, 3.05) is 24.5 Å². The van der Waals surface area contributed by atoms with Crippen LogP contribution in [-0.4, -0.2) is 41.5 Å². The van der Waals surface area contributed by atoms with Crippen molar-refractivity contribution in [3.63, 3.8) is 0 Å². The van der Waals surface area contributed by atoms with E-state index < -0.39 is 0 Å². The fourth-order valence-electron chi connectivity index (χ4n) is 2.32. The maximum Gasteiger partial charge on any atom is 0.246 e. The Bertz CT molecular complexity index is 458. The lowest BCUT2D eigenvalue weighted by Gasteiger charge is -2.40. The monoisotopic (exact) mass is 245 g/mol. The van der Waals surface area contributed by atoms with Crippen LogP contribution in [0.3, 0.4) is 0 Å². The molecule has 1 saturated heterocycles. The molecular weight excluding hydrogens is 226 g/mol. The van der Waals surface area contributed by atoms with Gasteiger partial charge in [-0.1, -0.05) is 12.6 Å². The number of hydrogen-bond acceptors (Lipinski definition) is 3. The molecule has 1 aromatic rings. The minimum absolute atomic E-state index is 0.0133. The van der Waals surface area contributed by atoms with E-state index >= 15 is 0 Å². The second-order valence-electron chi connectivity index (χ2n) is 4.67. The zero-order valence-corrected chi connectivity index (χ0v) is 11.0. The van der Waals surface area contributed by atoms with Crippen LogP contribution in [0.25, 0.3) is 0 Å². The molecule has 0 spiro atoms. The number of rotatable bonds is 2. The molecule has 1 atom stereocenters. The van der Waals surface area contributed by atoms with E-state index in [4.69, 9.17) is 0 Å². The van der Waals surface area contributed by atoms with E-state index in [1.54, 1.807) is 0 Å². The normalized spacial score (nSPS) is 19.8. The molecule has 1 fully saturated rings. The lowest BCUT2D eigenvalue weighted by atomic mass is 10.2. The van der Waals surface area contributed by atoms with E-state index in [1.165, 1.54) is 6.08 Å². The fourth-order valence-corrected chi connectivity index (χ4v) is 2.32. The van der Waals surface area contributed by atoms with Crippen molar-refractivity contribution in [2.24, 2.45) is 0 Å². The molecule has 18 heavy (non-hydrogen) atoms. The summed E-state index contributed by atoms with van der Waals surface area (Å²) in [6.07, 6.45) is 1.39. The molecule has 0 aromatic carbocycles. The number of pyridine rings is 1. The Kier molecular flexibility index (Phi) is 3.65. The minimum atomic E-state index is 0.0133. The number of aromatic nitrogens is 1. The highest BCUT2D eigenvalue weighted by Crippen LogP contribution is 2.17. The molecular formula is C14H19N3O. The van der Waals surface area contributed by atoms with Gasteiger partial charge in [0.15, 0.2) is 0 Å². The van der Waals surface area contributed by atoms with Gasteiger partial charge in [-0.25, -0.2) is 4.98 Å². The molecule has 0 bridgehead atoms. The van der Waals surface area contributed by atoms with Gasteiger partial charge in [0.25, 0.3) is 0 Å². The van der Waals surface area contributed by atoms with Crippen molar-refractivity contribution in [3.8, 4) is 0 Å². The molecule has 1 aromatic heterocycles. The summed E-state index contributed by atoms with van der Waals surface area (Å²) in [5.74, 6) is 1.01. The van der Waals surface area contributed by atoms with Gasteiger partial charge in [0, 0.05) is 31.4 Å². The lowest BCUT2D eigenvalue weighted by Crippen LogP contribution is -2.53. The molecule has 4 nitrogen and oxygen atoms in total. The molecule has 0 saturated carbocycles. The van der Waals surface area contributed by atoms with Crippen LogP contribution in [0.5, 0.6) is 0 Å². The number of aryl methyl sites for hydroxylation is 1. The molecule has 1 amide bonds. The molecule has 96 valence electrons. The number of nitrogens with zero attached hydrogens (tertiary/aromatic N) is 3. The van der Waals surface area contributed by atoms with Gasteiger partial charge in [0.05, 0.1) is 0 Å². The van der Waals surface area contributed by atoms with Crippen LogP contribution in [0.4, 0.5) is 5.82 Å².